The van der Waals surface area contributed by atoms with E-state index >= 15 is 0 Å². The lowest BCUT2D eigenvalue weighted by Gasteiger charge is -2.27. The molecule has 28 heavy (non-hydrogen) atoms. The van der Waals surface area contributed by atoms with E-state index in [1.165, 1.54) is 41.4 Å². The van der Waals surface area contributed by atoms with Gasteiger partial charge in [-0.15, -0.1) is 0 Å². The molecule has 7 heteroatoms. The van der Waals surface area contributed by atoms with Crippen molar-refractivity contribution in [1.82, 2.24) is 5.32 Å². The van der Waals surface area contributed by atoms with E-state index in [1.807, 2.05) is 6.07 Å². The lowest BCUT2D eigenvalue weighted by Crippen LogP contribution is -2.45. The Morgan fingerprint density at radius 2 is 1.75 bits per heavy atom. The van der Waals surface area contributed by atoms with Crippen molar-refractivity contribution in [3.63, 3.8) is 0 Å². The van der Waals surface area contributed by atoms with Gasteiger partial charge in [0.05, 0.1) is 10.6 Å². The van der Waals surface area contributed by atoms with Crippen LogP contribution in [0, 0.1) is 11.8 Å². The van der Waals surface area contributed by atoms with Gasteiger partial charge < -0.3 is 5.32 Å². The second kappa shape index (κ2) is 7.76. The van der Waals surface area contributed by atoms with Crippen molar-refractivity contribution in [2.24, 2.45) is 11.8 Å². The molecule has 0 heterocycles. The fourth-order valence-corrected chi connectivity index (χ4v) is 5.99. The standard InChI is InChI=1S/C21H23ClN2O3S/c22-17-8-10-19(11-9-17)28(26,27)24(18-4-2-1-3-5-18)14-21(25)23-20-13-15-6-7-16(20)12-15/h1-5,8-11,15-16,20H,6-7,12-14H2,(H,23,25)/t15-,16-,20-/m0/s1. The third-order valence-corrected chi connectivity index (χ3v) is 7.86. The van der Waals surface area contributed by atoms with Crippen LogP contribution in [0.1, 0.15) is 25.7 Å². The Labute approximate surface area is 170 Å². The summed E-state index contributed by atoms with van der Waals surface area (Å²) in [4.78, 5) is 12.9. The highest BCUT2D eigenvalue weighted by molar-refractivity contribution is 7.92. The van der Waals surface area contributed by atoms with Crippen molar-refractivity contribution in [2.45, 2.75) is 36.6 Å². The highest BCUT2D eigenvalue weighted by Crippen LogP contribution is 2.44. The van der Waals surface area contributed by atoms with Crippen LogP contribution in [0.15, 0.2) is 59.5 Å². The fourth-order valence-electron chi connectivity index (χ4n) is 4.45. The molecular formula is C21H23ClN2O3S. The maximum absolute atomic E-state index is 13.2. The molecule has 2 aliphatic carbocycles. The van der Waals surface area contributed by atoms with Gasteiger partial charge in [-0.2, -0.15) is 0 Å². The smallest absolute Gasteiger partial charge is 0.264 e. The molecule has 3 atom stereocenters. The van der Waals surface area contributed by atoms with E-state index < -0.39 is 10.0 Å². The number of hydrogen-bond donors (Lipinski definition) is 1. The number of halogens is 1. The summed E-state index contributed by atoms with van der Waals surface area (Å²) >= 11 is 5.90. The molecule has 2 aromatic rings. The summed E-state index contributed by atoms with van der Waals surface area (Å²) in [6, 6.07) is 14.9. The van der Waals surface area contributed by atoms with Gasteiger partial charge in [0.1, 0.15) is 6.54 Å². The van der Waals surface area contributed by atoms with Crippen LogP contribution >= 0.6 is 11.6 Å². The molecule has 0 aromatic heterocycles. The van der Waals surface area contributed by atoms with Gasteiger partial charge in [0.2, 0.25) is 5.91 Å². The fraction of sp³-hybridized carbons (Fsp3) is 0.381. The summed E-state index contributed by atoms with van der Waals surface area (Å²) in [7, 11) is -3.90. The third-order valence-electron chi connectivity index (χ3n) is 5.82. The molecule has 4 rings (SSSR count). The molecule has 148 valence electrons. The maximum atomic E-state index is 13.2. The van der Waals surface area contributed by atoms with Gasteiger partial charge in [0.25, 0.3) is 10.0 Å². The van der Waals surface area contributed by atoms with Crippen LogP contribution in [-0.4, -0.2) is 26.9 Å². The van der Waals surface area contributed by atoms with Crippen molar-refractivity contribution in [3.05, 3.63) is 59.6 Å². The van der Waals surface area contributed by atoms with Gasteiger partial charge in [-0.25, -0.2) is 8.42 Å². The van der Waals surface area contributed by atoms with Gasteiger partial charge in [-0.1, -0.05) is 36.2 Å². The number of nitrogens with zero attached hydrogens (tertiary/aromatic N) is 1. The van der Waals surface area contributed by atoms with E-state index in [-0.39, 0.29) is 23.4 Å². The van der Waals surface area contributed by atoms with Crippen molar-refractivity contribution >= 4 is 33.2 Å². The molecule has 1 N–H and O–H groups in total. The minimum Gasteiger partial charge on any atom is -0.352 e. The second-order valence-electron chi connectivity index (χ2n) is 7.65. The molecule has 0 saturated heterocycles. The Hall–Kier alpha value is -2.05. The molecule has 1 amide bonds. The predicted molar refractivity (Wildman–Crippen MR) is 110 cm³/mol. The third kappa shape index (κ3) is 3.89. The first-order chi connectivity index (χ1) is 13.4. The summed E-state index contributed by atoms with van der Waals surface area (Å²) in [5.74, 6) is 0.976. The SMILES string of the molecule is O=C(CN(c1ccccc1)S(=O)(=O)c1ccc(Cl)cc1)N[C@H]1C[C@H]2CC[C@H]1C2. The first kappa shape index (κ1) is 19.3. The Kier molecular flexibility index (Phi) is 5.34. The second-order valence-corrected chi connectivity index (χ2v) is 9.95. The number of benzene rings is 2. The minimum atomic E-state index is -3.90. The first-order valence-corrected chi connectivity index (χ1v) is 11.4. The normalized spacial score (nSPS) is 23.5. The molecule has 2 saturated carbocycles. The van der Waals surface area contributed by atoms with E-state index in [4.69, 9.17) is 11.6 Å². The molecule has 2 bridgehead atoms. The number of amides is 1. The molecule has 0 radical (unpaired) electrons. The number of carbonyl (C=O) groups excluding carboxylic acids is 1. The van der Waals surface area contributed by atoms with Crippen molar-refractivity contribution in [3.8, 4) is 0 Å². The Morgan fingerprint density at radius 1 is 1.04 bits per heavy atom. The lowest BCUT2D eigenvalue weighted by molar-refractivity contribution is -0.120. The summed E-state index contributed by atoms with van der Waals surface area (Å²) < 4.78 is 27.7. The number of sulfonamides is 1. The lowest BCUT2D eigenvalue weighted by atomic mass is 9.95. The van der Waals surface area contributed by atoms with E-state index in [1.54, 1.807) is 24.3 Å². The van der Waals surface area contributed by atoms with E-state index in [9.17, 15) is 13.2 Å². The molecular weight excluding hydrogens is 396 g/mol. The molecule has 0 unspecified atom stereocenters. The van der Waals surface area contributed by atoms with Gasteiger partial charge >= 0.3 is 0 Å². The molecule has 0 spiro atoms. The summed E-state index contributed by atoms with van der Waals surface area (Å²) in [5, 5.41) is 3.53. The first-order valence-electron chi connectivity index (χ1n) is 9.56. The maximum Gasteiger partial charge on any atom is 0.264 e. The van der Waals surface area contributed by atoms with Gasteiger partial charge in [0.15, 0.2) is 0 Å². The number of hydrogen-bond acceptors (Lipinski definition) is 3. The summed E-state index contributed by atoms with van der Waals surface area (Å²) in [6.45, 7) is -0.247. The van der Waals surface area contributed by atoms with Gasteiger partial charge in [-0.05, 0) is 67.5 Å². The van der Waals surface area contributed by atoms with E-state index in [2.05, 4.69) is 5.32 Å². The highest BCUT2D eigenvalue weighted by atomic mass is 35.5. The van der Waals surface area contributed by atoms with Crippen LogP contribution in [0.4, 0.5) is 5.69 Å². The van der Waals surface area contributed by atoms with Crippen molar-refractivity contribution < 1.29 is 13.2 Å². The summed E-state index contributed by atoms with van der Waals surface area (Å²) in [6.07, 6.45) is 4.58. The highest BCUT2D eigenvalue weighted by Gasteiger charge is 2.40. The van der Waals surface area contributed by atoms with Gasteiger partial charge in [-0.3, -0.25) is 9.10 Å². The minimum absolute atomic E-state index is 0.105. The number of anilines is 1. The quantitative estimate of drug-likeness (QED) is 0.775. The van der Waals surface area contributed by atoms with E-state index in [0.717, 1.165) is 12.8 Å². The molecule has 2 aliphatic rings. The van der Waals surface area contributed by atoms with Crippen LogP contribution in [0.2, 0.25) is 5.02 Å². The van der Waals surface area contributed by atoms with Crippen molar-refractivity contribution in [2.75, 3.05) is 10.8 Å². The Balaban J connectivity index is 1.57. The van der Waals surface area contributed by atoms with Crippen molar-refractivity contribution in [1.29, 1.82) is 0 Å². The number of fused-ring (bicyclic) bond motifs is 2. The largest absolute Gasteiger partial charge is 0.352 e. The van der Waals surface area contributed by atoms with Crippen LogP contribution in [0.3, 0.4) is 0 Å². The van der Waals surface area contributed by atoms with E-state index in [0.29, 0.717) is 22.5 Å². The zero-order chi connectivity index (χ0) is 19.7. The van der Waals surface area contributed by atoms with Gasteiger partial charge in [0, 0.05) is 11.1 Å². The zero-order valence-electron chi connectivity index (χ0n) is 15.4. The average molecular weight is 419 g/mol. The molecule has 0 aliphatic heterocycles. The molecule has 2 fully saturated rings. The Morgan fingerprint density at radius 3 is 2.36 bits per heavy atom. The van der Waals surface area contributed by atoms with Crippen LogP contribution in [0.25, 0.3) is 0 Å². The number of nitrogens with one attached hydrogen (secondary N) is 1. The van der Waals surface area contributed by atoms with Crippen LogP contribution in [0.5, 0.6) is 0 Å². The van der Waals surface area contributed by atoms with Crippen LogP contribution < -0.4 is 9.62 Å². The summed E-state index contributed by atoms with van der Waals surface area (Å²) in [5.41, 5.74) is 0.459. The number of carbonyl (C=O) groups is 1. The average Bonchev–Trinajstić information content (AvgIpc) is 3.30. The topological polar surface area (TPSA) is 66.5 Å². The number of rotatable bonds is 6. The predicted octanol–water partition coefficient (Wildman–Crippen LogP) is 3.84. The molecule has 5 nitrogen and oxygen atoms in total. The monoisotopic (exact) mass is 418 g/mol. The molecule has 2 aromatic carbocycles. The number of para-hydroxylation sites is 1. The Bertz CT molecular complexity index is 947. The zero-order valence-corrected chi connectivity index (χ0v) is 17.0. The van der Waals surface area contributed by atoms with Crippen LogP contribution in [-0.2, 0) is 14.8 Å².